The van der Waals surface area contributed by atoms with Gasteiger partial charge >= 0.3 is 0 Å². The van der Waals surface area contributed by atoms with Gasteiger partial charge in [0.1, 0.15) is 11.6 Å². The quantitative estimate of drug-likeness (QED) is 0.667. The van der Waals surface area contributed by atoms with Crippen LogP contribution < -0.4 is 9.64 Å². The molecular weight excluding hydrogens is 364 g/mol. The Balaban J connectivity index is 1.49. The van der Waals surface area contributed by atoms with Crippen LogP contribution in [0.25, 0.3) is 5.52 Å². The Labute approximate surface area is 171 Å². The minimum Gasteiger partial charge on any atom is -0.497 e. The number of benzene rings is 1. The fourth-order valence-corrected chi connectivity index (χ4v) is 3.88. The van der Waals surface area contributed by atoms with Gasteiger partial charge in [0.15, 0.2) is 5.69 Å². The molecule has 1 saturated heterocycles. The van der Waals surface area contributed by atoms with Crippen molar-refractivity contribution < 1.29 is 9.53 Å². The molecule has 1 fully saturated rings. The van der Waals surface area contributed by atoms with Crippen molar-refractivity contribution in [1.82, 2.24) is 14.3 Å². The first-order chi connectivity index (χ1) is 14.1. The number of rotatable bonds is 5. The summed E-state index contributed by atoms with van der Waals surface area (Å²) in [5, 5.41) is 0. The zero-order chi connectivity index (χ0) is 20.4. The summed E-state index contributed by atoms with van der Waals surface area (Å²) in [6, 6.07) is 14.0. The highest BCUT2D eigenvalue weighted by Crippen LogP contribution is 2.22. The Morgan fingerprint density at radius 3 is 2.45 bits per heavy atom. The van der Waals surface area contributed by atoms with Crippen LogP contribution in [0.1, 0.15) is 30.2 Å². The Bertz CT molecular complexity index is 986. The van der Waals surface area contributed by atoms with Gasteiger partial charge in [-0.15, -0.1) is 0 Å². The van der Waals surface area contributed by atoms with Gasteiger partial charge in [-0.3, -0.25) is 4.79 Å². The normalized spacial score (nSPS) is 14.6. The van der Waals surface area contributed by atoms with E-state index in [1.54, 1.807) is 7.11 Å². The molecule has 1 amide bonds. The van der Waals surface area contributed by atoms with E-state index in [-0.39, 0.29) is 5.91 Å². The van der Waals surface area contributed by atoms with Gasteiger partial charge < -0.3 is 18.9 Å². The average Bonchev–Trinajstić information content (AvgIpc) is 3.11. The van der Waals surface area contributed by atoms with E-state index in [0.29, 0.717) is 24.7 Å². The molecule has 0 atom stereocenters. The summed E-state index contributed by atoms with van der Waals surface area (Å²) in [6.45, 7) is 7.34. The van der Waals surface area contributed by atoms with Gasteiger partial charge in [-0.25, -0.2) is 4.98 Å². The number of ether oxygens (including phenoxy) is 1. The predicted octanol–water partition coefficient (Wildman–Crippen LogP) is 3.50. The van der Waals surface area contributed by atoms with Gasteiger partial charge in [-0.1, -0.05) is 19.9 Å². The monoisotopic (exact) mass is 392 g/mol. The molecule has 0 aliphatic carbocycles. The number of fused-ring (bicyclic) bond motifs is 1. The maximum Gasteiger partial charge on any atom is 0.274 e. The third-order valence-electron chi connectivity index (χ3n) is 5.42. The van der Waals surface area contributed by atoms with Gasteiger partial charge in [0, 0.05) is 44.5 Å². The standard InChI is InChI=1S/C23H28N4O2/c1-17(2)16-21-24-22(20-6-4-5-11-27(20)21)23(28)26-14-12-25(13-15-26)18-7-9-19(29-3)10-8-18/h4-11,17H,12-16H2,1-3H3. The minimum absolute atomic E-state index is 0.0260. The Kier molecular flexibility index (Phi) is 5.43. The molecule has 4 rings (SSSR count). The third kappa shape index (κ3) is 3.92. The van der Waals surface area contributed by atoms with Crippen LogP contribution in [-0.4, -0.2) is 53.5 Å². The lowest BCUT2D eigenvalue weighted by Crippen LogP contribution is -2.49. The lowest BCUT2D eigenvalue weighted by Gasteiger charge is -2.36. The first-order valence-corrected chi connectivity index (χ1v) is 10.2. The van der Waals surface area contributed by atoms with E-state index in [4.69, 9.17) is 9.72 Å². The number of hydrogen-bond acceptors (Lipinski definition) is 4. The van der Waals surface area contributed by atoms with Gasteiger partial charge in [0.2, 0.25) is 0 Å². The van der Waals surface area contributed by atoms with Crippen molar-refractivity contribution in [1.29, 1.82) is 0 Å². The Morgan fingerprint density at radius 2 is 1.79 bits per heavy atom. The second kappa shape index (κ2) is 8.15. The van der Waals surface area contributed by atoms with E-state index in [1.807, 2.05) is 41.4 Å². The average molecular weight is 393 g/mol. The molecule has 0 saturated carbocycles. The maximum atomic E-state index is 13.3. The molecule has 6 nitrogen and oxygen atoms in total. The summed E-state index contributed by atoms with van der Waals surface area (Å²) >= 11 is 0. The number of piperazine rings is 1. The maximum absolute atomic E-state index is 13.3. The number of methoxy groups -OCH3 is 1. The fraction of sp³-hybridized carbons (Fsp3) is 0.391. The molecule has 0 spiro atoms. The van der Waals surface area contributed by atoms with Gasteiger partial charge in [0.05, 0.1) is 12.6 Å². The summed E-state index contributed by atoms with van der Waals surface area (Å²) in [4.78, 5) is 22.2. The Hall–Kier alpha value is -3.02. The molecule has 6 heteroatoms. The van der Waals surface area contributed by atoms with Gasteiger partial charge in [0.25, 0.3) is 5.91 Å². The van der Waals surface area contributed by atoms with E-state index in [2.05, 4.69) is 35.3 Å². The molecule has 3 aromatic rings. The molecule has 2 aromatic heterocycles. The summed E-state index contributed by atoms with van der Waals surface area (Å²) in [5.41, 5.74) is 2.62. The number of nitrogens with zero attached hydrogens (tertiary/aromatic N) is 4. The van der Waals surface area contributed by atoms with Crippen molar-refractivity contribution in [3.63, 3.8) is 0 Å². The van der Waals surface area contributed by atoms with Crippen LogP contribution >= 0.6 is 0 Å². The number of imidazole rings is 1. The molecular formula is C23H28N4O2. The second-order valence-corrected chi connectivity index (χ2v) is 7.91. The summed E-state index contributed by atoms with van der Waals surface area (Å²) in [7, 11) is 1.67. The highest BCUT2D eigenvalue weighted by molar-refractivity contribution is 5.99. The van der Waals surface area contributed by atoms with E-state index in [9.17, 15) is 4.79 Å². The van der Waals surface area contributed by atoms with Crippen LogP contribution in [0.4, 0.5) is 5.69 Å². The number of anilines is 1. The van der Waals surface area contributed by atoms with Crippen LogP contribution in [0.5, 0.6) is 5.75 Å². The van der Waals surface area contributed by atoms with Crippen molar-refractivity contribution >= 4 is 17.1 Å². The van der Waals surface area contributed by atoms with E-state index in [0.717, 1.165) is 42.3 Å². The number of pyridine rings is 1. The lowest BCUT2D eigenvalue weighted by atomic mass is 10.1. The summed E-state index contributed by atoms with van der Waals surface area (Å²) in [6.07, 6.45) is 2.85. The molecule has 1 aliphatic heterocycles. The van der Waals surface area contributed by atoms with Crippen LogP contribution in [0.15, 0.2) is 48.7 Å². The van der Waals surface area contributed by atoms with Crippen LogP contribution in [0, 0.1) is 5.92 Å². The van der Waals surface area contributed by atoms with Crippen LogP contribution in [-0.2, 0) is 6.42 Å². The van der Waals surface area contributed by atoms with E-state index < -0.39 is 0 Å². The SMILES string of the molecule is COc1ccc(N2CCN(C(=O)c3nc(CC(C)C)n4ccccc34)CC2)cc1. The Morgan fingerprint density at radius 1 is 1.07 bits per heavy atom. The third-order valence-corrected chi connectivity index (χ3v) is 5.42. The van der Waals surface area contributed by atoms with Gasteiger partial charge in [-0.2, -0.15) is 0 Å². The van der Waals surface area contributed by atoms with Crippen LogP contribution in [0.2, 0.25) is 0 Å². The first-order valence-electron chi connectivity index (χ1n) is 10.2. The van der Waals surface area contributed by atoms with Crippen molar-refractivity contribution in [2.24, 2.45) is 5.92 Å². The second-order valence-electron chi connectivity index (χ2n) is 7.91. The lowest BCUT2D eigenvalue weighted by molar-refractivity contribution is 0.0743. The molecule has 1 aromatic carbocycles. The fourth-order valence-electron chi connectivity index (χ4n) is 3.88. The summed E-state index contributed by atoms with van der Waals surface area (Å²) < 4.78 is 7.29. The number of amides is 1. The van der Waals surface area contributed by atoms with Crippen molar-refractivity contribution in [3.8, 4) is 5.75 Å². The van der Waals surface area contributed by atoms with Gasteiger partial charge in [-0.05, 0) is 42.3 Å². The molecule has 0 radical (unpaired) electrons. The summed E-state index contributed by atoms with van der Waals surface area (Å²) in [5.74, 6) is 2.32. The number of carbonyl (C=O) groups is 1. The van der Waals surface area contributed by atoms with Crippen LogP contribution in [0.3, 0.4) is 0 Å². The zero-order valence-corrected chi connectivity index (χ0v) is 17.3. The van der Waals surface area contributed by atoms with E-state index in [1.165, 1.54) is 0 Å². The largest absolute Gasteiger partial charge is 0.497 e. The molecule has 152 valence electrons. The first kappa shape index (κ1) is 19.3. The molecule has 29 heavy (non-hydrogen) atoms. The number of hydrogen-bond donors (Lipinski definition) is 0. The minimum atomic E-state index is 0.0260. The zero-order valence-electron chi connectivity index (χ0n) is 17.3. The molecule has 3 heterocycles. The number of aromatic nitrogens is 2. The van der Waals surface area contributed by atoms with Crippen molar-refractivity contribution in [2.45, 2.75) is 20.3 Å². The smallest absolute Gasteiger partial charge is 0.274 e. The molecule has 0 bridgehead atoms. The molecule has 1 aliphatic rings. The predicted molar refractivity (Wildman–Crippen MR) is 115 cm³/mol. The molecule has 0 unspecified atom stereocenters. The highest BCUT2D eigenvalue weighted by atomic mass is 16.5. The van der Waals surface area contributed by atoms with E-state index >= 15 is 0 Å². The molecule has 0 N–H and O–H groups in total. The highest BCUT2D eigenvalue weighted by Gasteiger charge is 2.26. The van der Waals surface area contributed by atoms with Crippen molar-refractivity contribution in [2.75, 3.05) is 38.2 Å². The topological polar surface area (TPSA) is 50.1 Å². The van der Waals surface area contributed by atoms with Crippen molar-refractivity contribution in [3.05, 3.63) is 60.2 Å². The number of carbonyl (C=O) groups excluding carboxylic acids is 1.